The Morgan fingerprint density at radius 1 is 0.806 bits per heavy atom. The average molecular weight is 587 g/mol. The SMILES string of the molecule is Cc1cc(C)nc(NS(=O)(=O)c2ccc(NC3=C(Cl)C(=O)N(c4cc(Cl)c(Cl)cc4Cl)C3=O)cc2)n1. The van der Waals surface area contributed by atoms with Gasteiger partial charge in [0.15, 0.2) is 0 Å². The molecule has 0 fully saturated rings. The molecular formula is C22H15Cl4N5O4S. The number of aryl methyl sites for hydroxylation is 2. The number of benzene rings is 2. The molecule has 9 nitrogen and oxygen atoms in total. The van der Waals surface area contributed by atoms with Crippen molar-refractivity contribution in [2.75, 3.05) is 14.9 Å². The van der Waals surface area contributed by atoms with Crippen LogP contribution in [0.5, 0.6) is 0 Å². The maximum atomic E-state index is 13.0. The molecule has 0 unspecified atom stereocenters. The van der Waals surface area contributed by atoms with E-state index in [1.807, 2.05) is 0 Å². The quantitative estimate of drug-likeness (QED) is 0.297. The molecule has 0 saturated heterocycles. The summed E-state index contributed by atoms with van der Waals surface area (Å²) in [5.74, 6) is -1.65. The van der Waals surface area contributed by atoms with Crippen LogP contribution in [-0.2, 0) is 19.6 Å². The van der Waals surface area contributed by atoms with E-state index < -0.39 is 21.8 Å². The van der Waals surface area contributed by atoms with Crippen LogP contribution in [0.1, 0.15) is 11.4 Å². The van der Waals surface area contributed by atoms with Gasteiger partial charge in [-0.15, -0.1) is 0 Å². The van der Waals surface area contributed by atoms with E-state index >= 15 is 0 Å². The predicted octanol–water partition coefficient (Wildman–Crippen LogP) is 5.29. The summed E-state index contributed by atoms with van der Waals surface area (Å²) < 4.78 is 27.8. The molecule has 186 valence electrons. The van der Waals surface area contributed by atoms with E-state index in [1.54, 1.807) is 19.9 Å². The fourth-order valence-electron chi connectivity index (χ4n) is 3.33. The number of anilines is 3. The Balaban J connectivity index is 1.55. The molecule has 1 aliphatic heterocycles. The molecule has 1 aliphatic rings. The van der Waals surface area contributed by atoms with Crippen molar-refractivity contribution in [1.29, 1.82) is 0 Å². The summed E-state index contributed by atoms with van der Waals surface area (Å²) in [6.07, 6.45) is 0. The van der Waals surface area contributed by atoms with Crippen LogP contribution < -0.4 is 14.9 Å². The minimum absolute atomic E-state index is 0.0112. The molecule has 36 heavy (non-hydrogen) atoms. The molecule has 14 heteroatoms. The number of rotatable bonds is 6. The van der Waals surface area contributed by atoms with Gasteiger partial charge in [0, 0.05) is 17.1 Å². The zero-order chi connectivity index (χ0) is 26.4. The molecule has 0 bridgehead atoms. The van der Waals surface area contributed by atoms with Crippen molar-refractivity contribution in [2.45, 2.75) is 18.7 Å². The normalized spacial score (nSPS) is 14.0. The highest BCUT2D eigenvalue weighted by Crippen LogP contribution is 2.38. The standard InChI is InChI=1S/C22H15Cl4N5O4S/c1-10-7-11(2)28-22(27-10)30-36(34,35)13-5-3-12(4-6-13)29-19-18(26)20(32)31(21(19)33)17-9-15(24)14(23)8-16(17)25/h3-9,29H,1-2H3,(H,27,28,30). The lowest BCUT2D eigenvalue weighted by Crippen LogP contribution is -2.32. The summed E-state index contributed by atoms with van der Waals surface area (Å²) in [4.78, 5) is 34.6. The number of aromatic nitrogens is 2. The molecule has 0 aliphatic carbocycles. The molecule has 2 N–H and O–H groups in total. The number of halogens is 4. The van der Waals surface area contributed by atoms with Gasteiger partial charge in [-0.1, -0.05) is 46.4 Å². The molecule has 0 spiro atoms. The van der Waals surface area contributed by atoms with Crippen molar-refractivity contribution < 1.29 is 18.0 Å². The largest absolute Gasteiger partial charge is 0.350 e. The van der Waals surface area contributed by atoms with E-state index in [4.69, 9.17) is 46.4 Å². The third-order valence-electron chi connectivity index (χ3n) is 4.90. The Morgan fingerprint density at radius 3 is 2.00 bits per heavy atom. The van der Waals surface area contributed by atoms with Crippen molar-refractivity contribution in [3.63, 3.8) is 0 Å². The summed E-state index contributed by atoms with van der Waals surface area (Å²) in [6, 6.07) is 9.70. The van der Waals surface area contributed by atoms with Crippen LogP contribution in [0.3, 0.4) is 0 Å². The minimum Gasteiger partial charge on any atom is -0.350 e. The van der Waals surface area contributed by atoms with Gasteiger partial charge < -0.3 is 5.32 Å². The van der Waals surface area contributed by atoms with Crippen molar-refractivity contribution in [1.82, 2.24) is 9.97 Å². The molecule has 3 aromatic rings. The van der Waals surface area contributed by atoms with Crippen LogP contribution >= 0.6 is 46.4 Å². The van der Waals surface area contributed by atoms with E-state index in [0.29, 0.717) is 17.1 Å². The fourth-order valence-corrected chi connectivity index (χ4v) is 5.11. The van der Waals surface area contributed by atoms with E-state index in [2.05, 4.69) is 20.0 Å². The smallest absolute Gasteiger partial charge is 0.283 e. The van der Waals surface area contributed by atoms with Gasteiger partial charge >= 0.3 is 0 Å². The van der Waals surface area contributed by atoms with Gasteiger partial charge in [0.25, 0.3) is 21.8 Å². The van der Waals surface area contributed by atoms with Crippen molar-refractivity contribution in [2.24, 2.45) is 0 Å². The number of sulfonamides is 1. The number of carbonyl (C=O) groups is 2. The lowest BCUT2D eigenvalue weighted by Gasteiger charge is -2.17. The summed E-state index contributed by atoms with van der Waals surface area (Å²) in [5, 5.41) is 2.63. The predicted molar refractivity (Wildman–Crippen MR) is 139 cm³/mol. The Bertz CT molecular complexity index is 1540. The average Bonchev–Trinajstić information content (AvgIpc) is 2.99. The molecule has 4 rings (SSSR count). The van der Waals surface area contributed by atoms with E-state index in [0.717, 1.165) is 4.90 Å². The Hall–Kier alpha value is -2.89. The first-order valence-corrected chi connectivity index (χ1v) is 13.0. The number of imide groups is 1. The third kappa shape index (κ3) is 5.14. The number of carbonyl (C=O) groups excluding carboxylic acids is 2. The molecule has 2 aromatic carbocycles. The van der Waals surface area contributed by atoms with Crippen LogP contribution in [0.4, 0.5) is 17.3 Å². The highest BCUT2D eigenvalue weighted by molar-refractivity contribution is 7.92. The topological polar surface area (TPSA) is 121 Å². The third-order valence-corrected chi connectivity index (χ3v) is 7.62. The zero-order valence-electron chi connectivity index (χ0n) is 18.4. The van der Waals surface area contributed by atoms with Gasteiger partial charge in [0.1, 0.15) is 10.7 Å². The molecule has 0 atom stereocenters. The van der Waals surface area contributed by atoms with Gasteiger partial charge in [-0.2, -0.15) is 0 Å². The Kier molecular flexibility index (Phi) is 7.18. The number of hydrogen-bond acceptors (Lipinski definition) is 7. The van der Waals surface area contributed by atoms with Gasteiger partial charge in [-0.25, -0.2) is 28.0 Å². The number of amides is 2. The molecule has 2 heterocycles. The van der Waals surface area contributed by atoms with E-state index in [1.165, 1.54) is 36.4 Å². The summed E-state index contributed by atoms with van der Waals surface area (Å²) >= 11 is 24.2. The summed E-state index contributed by atoms with van der Waals surface area (Å²) in [6.45, 7) is 3.44. The molecule has 1 aromatic heterocycles. The summed E-state index contributed by atoms with van der Waals surface area (Å²) in [5.41, 5.74) is 1.31. The van der Waals surface area contributed by atoms with Crippen LogP contribution in [-0.4, -0.2) is 30.2 Å². The zero-order valence-corrected chi connectivity index (χ0v) is 22.3. The van der Waals surface area contributed by atoms with Crippen LogP contribution in [0, 0.1) is 13.8 Å². The second-order valence-corrected chi connectivity index (χ2v) is 10.9. The summed E-state index contributed by atoms with van der Waals surface area (Å²) in [7, 11) is -3.99. The second kappa shape index (κ2) is 9.87. The lowest BCUT2D eigenvalue weighted by molar-refractivity contribution is -0.120. The van der Waals surface area contributed by atoms with Crippen LogP contribution in [0.25, 0.3) is 0 Å². The molecule has 2 amide bonds. The van der Waals surface area contributed by atoms with Crippen molar-refractivity contribution >= 4 is 85.6 Å². The maximum absolute atomic E-state index is 13.0. The fraction of sp³-hybridized carbons (Fsp3) is 0.0909. The molecular weight excluding hydrogens is 572 g/mol. The highest BCUT2D eigenvalue weighted by Gasteiger charge is 2.40. The van der Waals surface area contributed by atoms with Crippen molar-refractivity contribution in [3.05, 3.63) is 79.6 Å². The van der Waals surface area contributed by atoms with E-state index in [-0.39, 0.29) is 42.3 Å². The number of hydrogen-bond donors (Lipinski definition) is 2. The van der Waals surface area contributed by atoms with Gasteiger partial charge in [0.2, 0.25) is 5.95 Å². The molecule has 0 saturated carbocycles. The van der Waals surface area contributed by atoms with Gasteiger partial charge in [-0.3, -0.25) is 9.59 Å². The highest BCUT2D eigenvalue weighted by atomic mass is 35.5. The monoisotopic (exact) mass is 585 g/mol. The first-order chi connectivity index (χ1) is 16.9. The second-order valence-electron chi connectivity index (χ2n) is 7.58. The Morgan fingerprint density at radius 2 is 1.39 bits per heavy atom. The lowest BCUT2D eigenvalue weighted by atomic mass is 10.2. The minimum atomic E-state index is -3.99. The van der Waals surface area contributed by atoms with Crippen LogP contribution in [0.2, 0.25) is 15.1 Å². The van der Waals surface area contributed by atoms with Gasteiger partial charge in [-0.05, 0) is 56.3 Å². The van der Waals surface area contributed by atoms with Crippen molar-refractivity contribution in [3.8, 4) is 0 Å². The van der Waals surface area contributed by atoms with E-state index in [9.17, 15) is 18.0 Å². The number of nitrogens with zero attached hydrogens (tertiary/aromatic N) is 3. The first-order valence-electron chi connectivity index (χ1n) is 10.0. The van der Waals surface area contributed by atoms with Gasteiger partial charge in [0.05, 0.1) is 25.7 Å². The number of nitrogens with one attached hydrogen (secondary N) is 2. The molecule has 0 radical (unpaired) electrons. The Labute approximate surface area is 226 Å². The first kappa shape index (κ1) is 26.2. The van der Waals surface area contributed by atoms with Crippen LogP contribution in [0.15, 0.2) is 58.1 Å². The maximum Gasteiger partial charge on any atom is 0.283 e.